The molecular weight excluding hydrogens is 260 g/mol. The van der Waals surface area contributed by atoms with Gasteiger partial charge in [-0.3, -0.25) is 10.2 Å². The second-order valence-corrected chi connectivity index (χ2v) is 3.82. The minimum absolute atomic E-state index is 0.144. The molecule has 1 aromatic heterocycles. The number of nitrogens with two attached hydrogens (primary N) is 1. The summed E-state index contributed by atoms with van der Waals surface area (Å²) in [5.74, 6) is 5.15. The van der Waals surface area contributed by atoms with Crippen LogP contribution in [0.5, 0.6) is 5.75 Å². The van der Waals surface area contributed by atoms with Crippen molar-refractivity contribution in [3.05, 3.63) is 41.7 Å². The van der Waals surface area contributed by atoms with Crippen molar-refractivity contribution in [2.45, 2.75) is 6.54 Å². The number of carbonyl (C=O) groups excluding carboxylic acids is 1. The maximum atomic E-state index is 11.2. The summed E-state index contributed by atoms with van der Waals surface area (Å²) in [6.45, 7) is 0.795. The maximum Gasteiger partial charge on any atom is 0.287 e. The molecule has 0 aliphatic heterocycles. The molecule has 0 saturated carbocycles. The summed E-state index contributed by atoms with van der Waals surface area (Å²) < 4.78 is 6.96. The average molecular weight is 272 g/mol. The number of amides is 1. The van der Waals surface area contributed by atoms with E-state index in [0.717, 1.165) is 0 Å². The third-order valence-electron chi connectivity index (χ3n) is 2.47. The molecule has 8 nitrogen and oxygen atoms in total. The summed E-state index contributed by atoms with van der Waals surface area (Å²) >= 11 is 0. The van der Waals surface area contributed by atoms with E-state index in [-0.39, 0.29) is 5.69 Å². The van der Waals surface area contributed by atoms with E-state index >= 15 is 0 Å². The van der Waals surface area contributed by atoms with Gasteiger partial charge in [0.25, 0.3) is 5.91 Å². The first-order valence-corrected chi connectivity index (χ1v) is 5.77. The Labute approximate surface area is 114 Å². The van der Waals surface area contributed by atoms with Crippen molar-refractivity contribution in [2.24, 2.45) is 5.84 Å². The largest absolute Gasteiger partial charge is 0.492 e. The minimum Gasteiger partial charge on any atom is -0.492 e. The van der Waals surface area contributed by atoms with Gasteiger partial charge in [-0.15, -0.1) is 5.10 Å². The number of ether oxygens (including phenoxy) is 1. The highest BCUT2D eigenvalue weighted by molar-refractivity contribution is 5.91. The molecule has 0 aliphatic rings. The van der Waals surface area contributed by atoms with Gasteiger partial charge >= 0.3 is 0 Å². The monoisotopic (exact) mass is 272 g/mol. The fraction of sp³-hybridized carbons (Fsp3) is 0.167. The van der Waals surface area contributed by atoms with E-state index < -0.39 is 5.91 Å². The van der Waals surface area contributed by atoms with Crippen molar-refractivity contribution < 1.29 is 9.53 Å². The van der Waals surface area contributed by atoms with Crippen LogP contribution in [0.25, 0.3) is 0 Å². The first-order chi connectivity index (χ1) is 9.72. The molecule has 0 bridgehead atoms. The number of nitrogens with zero attached hydrogens (tertiary/aromatic N) is 4. The number of hydrazine groups is 1. The number of nitrogens with one attached hydrogen (secondary N) is 1. The van der Waals surface area contributed by atoms with Crippen molar-refractivity contribution >= 4 is 5.91 Å². The van der Waals surface area contributed by atoms with Crippen LogP contribution in [0.4, 0.5) is 0 Å². The van der Waals surface area contributed by atoms with Crippen LogP contribution in [0, 0.1) is 11.3 Å². The number of nitriles is 1. The van der Waals surface area contributed by atoms with Gasteiger partial charge in [0.05, 0.1) is 24.4 Å². The summed E-state index contributed by atoms with van der Waals surface area (Å²) in [6, 6.07) is 8.81. The lowest BCUT2D eigenvalue weighted by Gasteiger charge is -2.05. The van der Waals surface area contributed by atoms with Crippen LogP contribution in [0.3, 0.4) is 0 Å². The standard InChI is InChI=1S/C12H12N6O2/c13-7-9-1-3-10(4-2-9)20-6-5-18-8-11(16-17-18)12(19)15-14/h1-4,8H,5-6,14H2,(H,15,19). The Morgan fingerprint density at radius 2 is 2.20 bits per heavy atom. The number of rotatable bonds is 5. The molecule has 3 N–H and O–H groups in total. The quantitative estimate of drug-likeness (QED) is 0.443. The number of aromatic nitrogens is 3. The lowest BCUT2D eigenvalue weighted by atomic mass is 10.2. The van der Waals surface area contributed by atoms with Crippen LogP contribution in [-0.4, -0.2) is 27.5 Å². The zero-order chi connectivity index (χ0) is 14.4. The molecule has 2 aromatic rings. The van der Waals surface area contributed by atoms with Gasteiger partial charge in [-0.05, 0) is 24.3 Å². The minimum atomic E-state index is -0.496. The first kappa shape index (κ1) is 13.5. The molecule has 0 unspecified atom stereocenters. The zero-order valence-corrected chi connectivity index (χ0v) is 10.5. The normalized spacial score (nSPS) is 9.80. The summed E-state index contributed by atoms with van der Waals surface area (Å²) in [5, 5.41) is 16.1. The second-order valence-electron chi connectivity index (χ2n) is 3.82. The highest BCUT2D eigenvalue weighted by Gasteiger charge is 2.08. The van der Waals surface area contributed by atoms with Crippen LogP contribution < -0.4 is 16.0 Å². The molecule has 0 spiro atoms. The van der Waals surface area contributed by atoms with Gasteiger partial charge in [0.1, 0.15) is 12.4 Å². The van der Waals surface area contributed by atoms with E-state index in [0.29, 0.717) is 24.5 Å². The van der Waals surface area contributed by atoms with Crippen molar-refractivity contribution in [2.75, 3.05) is 6.61 Å². The van der Waals surface area contributed by atoms with Crippen LogP contribution in [0.2, 0.25) is 0 Å². The maximum absolute atomic E-state index is 11.2. The number of hydrogen-bond donors (Lipinski definition) is 2. The first-order valence-electron chi connectivity index (χ1n) is 5.77. The number of nitrogen functional groups attached to an aromatic ring is 1. The zero-order valence-electron chi connectivity index (χ0n) is 10.5. The van der Waals surface area contributed by atoms with E-state index in [9.17, 15) is 4.79 Å². The third kappa shape index (κ3) is 3.30. The van der Waals surface area contributed by atoms with Gasteiger partial charge in [-0.25, -0.2) is 10.5 Å². The molecule has 0 radical (unpaired) electrons. The Bertz CT molecular complexity index is 628. The van der Waals surface area contributed by atoms with E-state index in [4.69, 9.17) is 15.8 Å². The summed E-state index contributed by atoms with van der Waals surface area (Å²) in [4.78, 5) is 11.2. The van der Waals surface area contributed by atoms with Crippen LogP contribution in [0.1, 0.15) is 16.1 Å². The van der Waals surface area contributed by atoms with Crippen molar-refractivity contribution in [3.63, 3.8) is 0 Å². The Hall–Kier alpha value is -2.92. The summed E-state index contributed by atoms with van der Waals surface area (Å²) in [7, 11) is 0. The van der Waals surface area contributed by atoms with E-state index in [2.05, 4.69) is 10.3 Å². The Kier molecular flexibility index (Phi) is 4.26. The van der Waals surface area contributed by atoms with E-state index in [1.54, 1.807) is 24.3 Å². The predicted octanol–water partition coefficient (Wildman–Crippen LogP) is -0.168. The van der Waals surface area contributed by atoms with Gasteiger partial charge in [-0.2, -0.15) is 5.26 Å². The Morgan fingerprint density at radius 3 is 2.85 bits per heavy atom. The lowest BCUT2D eigenvalue weighted by Crippen LogP contribution is -2.30. The molecule has 20 heavy (non-hydrogen) atoms. The number of benzene rings is 1. The highest BCUT2D eigenvalue weighted by atomic mass is 16.5. The van der Waals surface area contributed by atoms with Crippen molar-refractivity contribution in [3.8, 4) is 11.8 Å². The van der Waals surface area contributed by atoms with Gasteiger partial charge < -0.3 is 4.74 Å². The van der Waals surface area contributed by atoms with Crippen LogP contribution >= 0.6 is 0 Å². The highest BCUT2D eigenvalue weighted by Crippen LogP contribution is 2.11. The molecule has 1 aromatic carbocycles. The molecule has 0 atom stereocenters. The molecule has 8 heteroatoms. The predicted molar refractivity (Wildman–Crippen MR) is 68.3 cm³/mol. The fourth-order valence-electron chi connectivity index (χ4n) is 1.47. The van der Waals surface area contributed by atoms with Crippen molar-refractivity contribution in [1.82, 2.24) is 20.4 Å². The molecule has 2 rings (SSSR count). The summed E-state index contributed by atoms with van der Waals surface area (Å²) in [5.41, 5.74) is 2.69. The average Bonchev–Trinajstić information content (AvgIpc) is 2.96. The SMILES string of the molecule is N#Cc1ccc(OCCn2cc(C(=O)NN)nn2)cc1. The smallest absolute Gasteiger partial charge is 0.287 e. The van der Waals surface area contributed by atoms with Crippen LogP contribution in [0.15, 0.2) is 30.5 Å². The molecule has 1 heterocycles. The number of carbonyl (C=O) groups is 1. The molecule has 102 valence electrons. The van der Waals surface area contributed by atoms with Crippen LogP contribution in [-0.2, 0) is 6.54 Å². The molecule has 0 fully saturated rings. The summed E-state index contributed by atoms with van der Waals surface area (Å²) in [6.07, 6.45) is 1.48. The third-order valence-corrected chi connectivity index (χ3v) is 2.47. The van der Waals surface area contributed by atoms with Gasteiger partial charge in [0.15, 0.2) is 5.69 Å². The molecule has 0 aliphatic carbocycles. The molecular formula is C12H12N6O2. The van der Waals surface area contributed by atoms with Gasteiger partial charge in [0.2, 0.25) is 0 Å². The number of hydrogen-bond acceptors (Lipinski definition) is 6. The van der Waals surface area contributed by atoms with Crippen molar-refractivity contribution in [1.29, 1.82) is 5.26 Å². The van der Waals surface area contributed by atoms with E-state index in [1.807, 2.05) is 11.5 Å². The second kappa shape index (κ2) is 6.31. The fourth-order valence-corrected chi connectivity index (χ4v) is 1.47. The topological polar surface area (TPSA) is 119 Å². The Morgan fingerprint density at radius 1 is 1.45 bits per heavy atom. The molecule has 0 saturated heterocycles. The lowest BCUT2D eigenvalue weighted by molar-refractivity contribution is 0.0948. The van der Waals surface area contributed by atoms with E-state index in [1.165, 1.54) is 10.9 Å². The van der Waals surface area contributed by atoms with Gasteiger partial charge in [0, 0.05) is 0 Å². The Balaban J connectivity index is 1.85. The van der Waals surface area contributed by atoms with Gasteiger partial charge in [-0.1, -0.05) is 5.21 Å². The molecule has 1 amide bonds.